The zero-order chi connectivity index (χ0) is 14.1. The molecule has 102 valence electrons. The molecule has 1 heterocycles. The lowest BCUT2D eigenvalue weighted by Gasteiger charge is -2.09. The summed E-state index contributed by atoms with van der Waals surface area (Å²) in [6, 6.07) is 9.50. The first-order valence-electron chi connectivity index (χ1n) is 6.16. The minimum absolute atomic E-state index is 0.0302. The molecule has 0 aliphatic carbocycles. The van der Waals surface area contributed by atoms with Crippen LogP contribution < -0.4 is 10.1 Å². The fourth-order valence-corrected chi connectivity index (χ4v) is 2.35. The molecule has 0 spiro atoms. The number of fused-ring (bicyclic) bond motifs is 1. The van der Waals surface area contributed by atoms with Gasteiger partial charge in [0.05, 0.1) is 17.2 Å². The van der Waals surface area contributed by atoms with Gasteiger partial charge in [0.15, 0.2) is 0 Å². The van der Waals surface area contributed by atoms with Crippen LogP contribution in [0.2, 0.25) is 5.02 Å². The number of anilines is 1. The van der Waals surface area contributed by atoms with Crippen LogP contribution in [-0.4, -0.2) is 12.5 Å². The molecule has 0 bridgehead atoms. The maximum absolute atomic E-state index is 13.1. The molecule has 5 heteroatoms. The number of benzene rings is 2. The van der Waals surface area contributed by atoms with Crippen molar-refractivity contribution in [3.63, 3.8) is 0 Å². The molecule has 0 radical (unpaired) electrons. The summed E-state index contributed by atoms with van der Waals surface area (Å²) >= 11 is 5.69. The lowest BCUT2D eigenvalue weighted by molar-refractivity contribution is 0.102. The summed E-state index contributed by atoms with van der Waals surface area (Å²) in [7, 11) is 0. The van der Waals surface area contributed by atoms with Gasteiger partial charge in [-0.25, -0.2) is 4.39 Å². The first-order chi connectivity index (χ1) is 9.65. The van der Waals surface area contributed by atoms with Gasteiger partial charge >= 0.3 is 0 Å². The smallest absolute Gasteiger partial charge is 0.259 e. The Bertz CT molecular complexity index is 688. The van der Waals surface area contributed by atoms with Crippen LogP contribution in [0, 0.1) is 5.82 Å². The van der Waals surface area contributed by atoms with E-state index >= 15 is 0 Å². The van der Waals surface area contributed by atoms with Gasteiger partial charge in [-0.3, -0.25) is 4.79 Å². The number of rotatable bonds is 2. The van der Waals surface area contributed by atoms with Crippen molar-refractivity contribution in [2.24, 2.45) is 0 Å². The van der Waals surface area contributed by atoms with Crippen molar-refractivity contribution in [3.8, 4) is 5.75 Å². The average Bonchev–Trinajstić information content (AvgIpc) is 2.91. The van der Waals surface area contributed by atoms with Crippen LogP contribution >= 0.6 is 11.6 Å². The van der Waals surface area contributed by atoms with Crippen molar-refractivity contribution < 1.29 is 13.9 Å². The summed E-state index contributed by atoms with van der Waals surface area (Å²) in [5, 5.41) is 2.66. The molecule has 0 atom stereocenters. The molecular weight excluding hydrogens is 281 g/mol. The van der Waals surface area contributed by atoms with Crippen LogP contribution in [0.25, 0.3) is 0 Å². The van der Waals surface area contributed by atoms with Gasteiger partial charge in [0.2, 0.25) is 0 Å². The van der Waals surface area contributed by atoms with E-state index in [-0.39, 0.29) is 10.9 Å². The van der Waals surface area contributed by atoms with E-state index < -0.39 is 5.82 Å². The van der Waals surface area contributed by atoms with Gasteiger partial charge in [0.1, 0.15) is 11.6 Å². The molecule has 3 rings (SSSR count). The number of nitrogens with one attached hydrogen (secondary N) is 1. The molecule has 0 saturated heterocycles. The van der Waals surface area contributed by atoms with E-state index in [4.69, 9.17) is 16.3 Å². The van der Waals surface area contributed by atoms with Gasteiger partial charge in [-0.05, 0) is 29.8 Å². The second-order valence-corrected chi connectivity index (χ2v) is 4.88. The van der Waals surface area contributed by atoms with E-state index in [0.29, 0.717) is 23.6 Å². The fourth-order valence-electron chi connectivity index (χ4n) is 2.17. The fraction of sp³-hybridized carbons (Fsp3) is 0.133. The van der Waals surface area contributed by atoms with Gasteiger partial charge in [-0.1, -0.05) is 23.7 Å². The average molecular weight is 292 g/mol. The Morgan fingerprint density at radius 2 is 2.15 bits per heavy atom. The number of carbonyl (C=O) groups is 1. The molecular formula is C15H11ClFNO2. The van der Waals surface area contributed by atoms with Crippen LogP contribution in [0.1, 0.15) is 15.9 Å². The predicted octanol–water partition coefficient (Wildman–Crippen LogP) is 3.67. The van der Waals surface area contributed by atoms with E-state index in [0.717, 1.165) is 12.0 Å². The second kappa shape index (κ2) is 5.13. The van der Waals surface area contributed by atoms with Gasteiger partial charge in [0.25, 0.3) is 5.91 Å². The van der Waals surface area contributed by atoms with Crippen molar-refractivity contribution in [1.29, 1.82) is 0 Å². The normalized spacial score (nSPS) is 12.7. The highest BCUT2D eigenvalue weighted by atomic mass is 35.5. The number of para-hydroxylation sites is 1. The van der Waals surface area contributed by atoms with Gasteiger partial charge < -0.3 is 10.1 Å². The highest BCUT2D eigenvalue weighted by molar-refractivity contribution is 6.31. The largest absolute Gasteiger partial charge is 0.492 e. The highest BCUT2D eigenvalue weighted by Gasteiger charge is 2.20. The third kappa shape index (κ3) is 2.34. The van der Waals surface area contributed by atoms with Crippen LogP contribution in [0.3, 0.4) is 0 Å². The molecule has 0 aromatic heterocycles. The third-order valence-electron chi connectivity index (χ3n) is 3.14. The predicted molar refractivity (Wildman–Crippen MR) is 75.0 cm³/mol. The Labute approximate surface area is 120 Å². The first kappa shape index (κ1) is 12.9. The molecule has 1 aliphatic rings. The number of halogens is 2. The third-order valence-corrected chi connectivity index (χ3v) is 3.43. The molecule has 0 saturated carbocycles. The summed E-state index contributed by atoms with van der Waals surface area (Å²) < 4.78 is 18.6. The van der Waals surface area contributed by atoms with Crippen LogP contribution in [0.4, 0.5) is 10.1 Å². The Morgan fingerprint density at radius 3 is 2.95 bits per heavy atom. The monoisotopic (exact) mass is 291 g/mol. The van der Waals surface area contributed by atoms with E-state index in [2.05, 4.69) is 5.32 Å². The molecule has 0 unspecified atom stereocenters. The Kier molecular flexibility index (Phi) is 3.32. The molecule has 1 aliphatic heterocycles. The van der Waals surface area contributed by atoms with Crippen molar-refractivity contribution in [2.45, 2.75) is 6.42 Å². The van der Waals surface area contributed by atoms with Gasteiger partial charge in [-0.2, -0.15) is 0 Å². The number of hydrogen-bond donors (Lipinski definition) is 1. The van der Waals surface area contributed by atoms with Gasteiger partial charge in [0, 0.05) is 12.1 Å². The van der Waals surface area contributed by atoms with Crippen molar-refractivity contribution in [3.05, 3.63) is 58.4 Å². The zero-order valence-electron chi connectivity index (χ0n) is 10.5. The topological polar surface area (TPSA) is 38.3 Å². The number of amides is 1. The Hall–Kier alpha value is -2.07. The zero-order valence-corrected chi connectivity index (χ0v) is 11.2. The summed E-state index contributed by atoms with van der Waals surface area (Å²) in [5.74, 6) is -0.196. The highest BCUT2D eigenvalue weighted by Crippen LogP contribution is 2.30. The van der Waals surface area contributed by atoms with E-state index in [1.165, 1.54) is 18.2 Å². The molecule has 2 aromatic rings. The van der Waals surface area contributed by atoms with Crippen molar-refractivity contribution in [2.75, 3.05) is 11.9 Å². The summed E-state index contributed by atoms with van der Waals surface area (Å²) in [5.41, 5.74) is 1.94. The standard InChI is InChI=1S/C15H11ClFNO2/c16-12-8-10(4-5-13(12)17)18-15(19)11-3-1-2-9-6-7-20-14(9)11/h1-5,8H,6-7H2,(H,18,19). The maximum atomic E-state index is 13.1. The summed E-state index contributed by atoms with van der Waals surface area (Å²) in [6.07, 6.45) is 0.804. The minimum atomic E-state index is -0.520. The molecule has 0 fully saturated rings. The van der Waals surface area contributed by atoms with Crippen molar-refractivity contribution in [1.82, 2.24) is 0 Å². The van der Waals surface area contributed by atoms with E-state index in [1.54, 1.807) is 6.07 Å². The second-order valence-electron chi connectivity index (χ2n) is 4.48. The molecule has 1 N–H and O–H groups in total. The van der Waals surface area contributed by atoms with Gasteiger partial charge in [-0.15, -0.1) is 0 Å². The summed E-state index contributed by atoms with van der Waals surface area (Å²) in [6.45, 7) is 0.585. The molecule has 20 heavy (non-hydrogen) atoms. The SMILES string of the molecule is O=C(Nc1ccc(F)c(Cl)c1)c1cccc2c1OCC2. The lowest BCUT2D eigenvalue weighted by Crippen LogP contribution is -2.13. The quantitative estimate of drug-likeness (QED) is 0.917. The van der Waals surface area contributed by atoms with E-state index in [1.807, 2.05) is 12.1 Å². The van der Waals surface area contributed by atoms with Crippen molar-refractivity contribution >= 4 is 23.2 Å². The number of ether oxygens (including phenoxy) is 1. The van der Waals surface area contributed by atoms with Crippen LogP contribution in [0.5, 0.6) is 5.75 Å². The van der Waals surface area contributed by atoms with E-state index in [9.17, 15) is 9.18 Å². The Balaban J connectivity index is 1.87. The van der Waals surface area contributed by atoms with Crippen LogP contribution in [-0.2, 0) is 6.42 Å². The molecule has 1 amide bonds. The number of hydrogen-bond acceptors (Lipinski definition) is 2. The first-order valence-corrected chi connectivity index (χ1v) is 6.54. The maximum Gasteiger partial charge on any atom is 0.259 e. The number of carbonyl (C=O) groups excluding carboxylic acids is 1. The minimum Gasteiger partial charge on any atom is -0.492 e. The molecule has 2 aromatic carbocycles. The Morgan fingerprint density at radius 1 is 1.30 bits per heavy atom. The lowest BCUT2D eigenvalue weighted by atomic mass is 10.1. The van der Waals surface area contributed by atoms with Crippen LogP contribution in [0.15, 0.2) is 36.4 Å². The summed E-state index contributed by atoms with van der Waals surface area (Å²) in [4.78, 5) is 12.2. The molecule has 3 nitrogen and oxygen atoms in total.